The number of halogens is 1. The Morgan fingerprint density at radius 3 is 2.84 bits per heavy atom. The van der Waals surface area contributed by atoms with Crippen LogP contribution in [0.1, 0.15) is 25.3 Å². The Hall–Kier alpha value is -1.62. The summed E-state index contributed by atoms with van der Waals surface area (Å²) in [5.74, 6) is 0.181. The lowest BCUT2D eigenvalue weighted by atomic mass is 10.1. The summed E-state index contributed by atoms with van der Waals surface area (Å²) in [7, 11) is 0. The lowest BCUT2D eigenvalue weighted by molar-refractivity contribution is 0.237. The fourth-order valence-corrected chi connectivity index (χ4v) is 2.26. The molecule has 1 aromatic carbocycles. The maximum absolute atomic E-state index is 13.2. The van der Waals surface area contributed by atoms with E-state index in [1.54, 1.807) is 13.0 Å². The molecule has 0 amide bonds. The second-order valence-electron chi connectivity index (χ2n) is 4.72. The molecule has 1 aromatic rings. The topological polar surface area (TPSA) is 45.1 Å². The first-order valence-electron chi connectivity index (χ1n) is 6.54. The van der Waals surface area contributed by atoms with Crippen LogP contribution >= 0.6 is 0 Å². The van der Waals surface area contributed by atoms with E-state index in [1.807, 2.05) is 0 Å². The maximum atomic E-state index is 13.2. The molecule has 1 aliphatic rings. The van der Waals surface area contributed by atoms with E-state index in [1.165, 1.54) is 25.0 Å². The highest BCUT2D eigenvalue weighted by Crippen LogP contribution is 2.21. The smallest absolute Gasteiger partial charge is 0.128 e. The number of ether oxygens (including phenoxy) is 1. The van der Waals surface area contributed by atoms with Crippen LogP contribution in [0.4, 0.5) is 4.39 Å². The Balaban J connectivity index is 1.98. The molecule has 4 nitrogen and oxygen atoms in total. The average molecular weight is 266 g/mol. The van der Waals surface area contributed by atoms with Crippen molar-refractivity contribution in [3.63, 3.8) is 0 Å². The number of rotatable bonds is 5. The van der Waals surface area contributed by atoms with E-state index in [2.05, 4.69) is 10.1 Å². The van der Waals surface area contributed by atoms with Crippen LogP contribution in [0.3, 0.4) is 0 Å². The van der Waals surface area contributed by atoms with E-state index >= 15 is 0 Å². The first-order chi connectivity index (χ1) is 9.20. The second kappa shape index (κ2) is 6.52. The van der Waals surface area contributed by atoms with Crippen molar-refractivity contribution < 1.29 is 14.3 Å². The van der Waals surface area contributed by atoms with Crippen molar-refractivity contribution in [3.8, 4) is 5.75 Å². The van der Waals surface area contributed by atoms with E-state index in [0.717, 1.165) is 19.6 Å². The van der Waals surface area contributed by atoms with Gasteiger partial charge in [-0.1, -0.05) is 5.16 Å². The number of oxime groups is 1. The third-order valence-electron chi connectivity index (χ3n) is 3.35. The molecule has 0 radical (unpaired) electrons. The molecule has 0 atom stereocenters. The van der Waals surface area contributed by atoms with Crippen molar-refractivity contribution in [2.75, 3.05) is 26.2 Å². The number of nitrogens with zero attached hydrogens (tertiary/aromatic N) is 2. The molecule has 104 valence electrons. The Kier molecular flexibility index (Phi) is 4.74. The minimum atomic E-state index is -0.370. The maximum Gasteiger partial charge on any atom is 0.128 e. The summed E-state index contributed by atoms with van der Waals surface area (Å²) in [6.45, 7) is 5.28. The van der Waals surface area contributed by atoms with Gasteiger partial charge in [0.2, 0.25) is 0 Å². The standard InChI is InChI=1S/C14H19FN2O2/c1-11(16-18)13-10-12(15)4-5-14(13)19-9-8-17-6-2-3-7-17/h4-5,10,18H,2-3,6-9H2,1H3/b16-11-. The minimum Gasteiger partial charge on any atom is -0.492 e. The van der Waals surface area contributed by atoms with Gasteiger partial charge in [0, 0.05) is 12.1 Å². The van der Waals surface area contributed by atoms with Gasteiger partial charge in [-0.2, -0.15) is 0 Å². The third-order valence-corrected chi connectivity index (χ3v) is 3.35. The van der Waals surface area contributed by atoms with Crippen molar-refractivity contribution in [3.05, 3.63) is 29.6 Å². The average Bonchev–Trinajstić information content (AvgIpc) is 2.92. The summed E-state index contributed by atoms with van der Waals surface area (Å²) in [4.78, 5) is 2.34. The van der Waals surface area contributed by atoms with Crippen LogP contribution in [-0.2, 0) is 0 Å². The highest BCUT2D eigenvalue weighted by Gasteiger charge is 2.12. The zero-order valence-electron chi connectivity index (χ0n) is 11.1. The van der Waals surface area contributed by atoms with E-state index in [-0.39, 0.29) is 5.82 Å². The molecular formula is C14H19FN2O2. The molecule has 1 saturated heterocycles. The van der Waals surface area contributed by atoms with Crippen LogP contribution in [0.15, 0.2) is 23.4 Å². The van der Waals surface area contributed by atoms with Crippen molar-refractivity contribution in [2.24, 2.45) is 5.16 Å². The molecule has 19 heavy (non-hydrogen) atoms. The Morgan fingerprint density at radius 1 is 1.42 bits per heavy atom. The summed E-state index contributed by atoms with van der Waals surface area (Å²) in [6.07, 6.45) is 2.50. The third kappa shape index (κ3) is 3.67. The van der Waals surface area contributed by atoms with Gasteiger partial charge in [-0.3, -0.25) is 4.90 Å². The van der Waals surface area contributed by atoms with Gasteiger partial charge in [-0.05, 0) is 51.1 Å². The predicted octanol–water partition coefficient (Wildman–Crippen LogP) is 2.50. The van der Waals surface area contributed by atoms with Crippen LogP contribution in [-0.4, -0.2) is 42.1 Å². The Bertz CT molecular complexity index is 457. The number of likely N-dealkylation sites (tertiary alicyclic amines) is 1. The number of hydrogen-bond acceptors (Lipinski definition) is 4. The molecule has 0 aliphatic carbocycles. The molecular weight excluding hydrogens is 247 g/mol. The predicted molar refractivity (Wildman–Crippen MR) is 71.6 cm³/mol. The van der Waals surface area contributed by atoms with Gasteiger partial charge in [0.1, 0.15) is 18.2 Å². The summed E-state index contributed by atoms with van der Waals surface area (Å²) >= 11 is 0. The van der Waals surface area contributed by atoms with Gasteiger partial charge in [0.25, 0.3) is 0 Å². The van der Waals surface area contributed by atoms with Gasteiger partial charge in [0.05, 0.1) is 5.71 Å². The summed E-state index contributed by atoms with van der Waals surface area (Å²) in [5.41, 5.74) is 0.833. The molecule has 0 spiro atoms. The van der Waals surface area contributed by atoms with Gasteiger partial charge < -0.3 is 9.94 Å². The van der Waals surface area contributed by atoms with Gasteiger partial charge in [-0.25, -0.2) is 4.39 Å². The molecule has 0 unspecified atom stereocenters. The van der Waals surface area contributed by atoms with Crippen molar-refractivity contribution in [1.82, 2.24) is 4.90 Å². The molecule has 1 fully saturated rings. The van der Waals surface area contributed by atoms with E-state index < -0.39 is 0 Å². The Morgan fingerprint density at radius 2 is 2.16 bits per heavy atom. The van der Waals surface area contributed by atoms with Gasteiger partial charge >= 0.3 is 0 Å². The monoisotopic (exact) mass is 266 g/mol. The molecule has 0 saturated carbocycles. The van der Waals surface area contributed by atoms with Crippen LogP contribution in [0, 0.1) is 5.82 Å². The van der Waals surface area contributed by atoms with Crippen LogP contribution < -0.4 is 4.74 Å². The minimum absolute atomic E-state index is 0.343. The summed E-state index contributed by atoms with van der Waals surface area (Å²) < 4.78 is 18.9. The molecule has 2 rings (SSSR count). The van der Waals surface area contributed by atoms with Crippen LogP contribution in [0.2, 0.25) is 0 Å². The molecule has 0 bridgehead atoms. The molecule has 1 aliphatic heterocycles. The first-order valence-corrected chi connectivity index (χ1v) is 6.54. The van der Waals surface area contributed by atoms with Crippen LogP contribution in [0.25, 0.3) is 0 Å². The zero-order chi connectivity index (χ0) is 13.7. The fraction of sp³-hybridized carbons (Fsp3) is 0.500. The zero-order valence-corrected chi connectivity index (χ0v) is 11.1. The number of benzene rings is 1. The molecule has 1 N–H and O–H groups in total. The van der Waals surface area contributed by atoms with Crippen molar-refractivity contribution in [2.45, 2.75) is 19.8 Å². The first kappa shape index (κ1) is 13.8. The summed E-state index contributed by atoms with van der Waals surface area (Å²) in [5, 5.41) is 11.9. The summed E-state index contributed by atoms with van der Waals surface area (Å²) in [6, 6.07) is 4.24. The highest BCUT2D eigenvalue weighted by molar-refractivity contribution is 6.00. The molecule has 1 heterocycles. The van der Waals surface area contributed by atoms with Crippen molar-refractivity contribution >= 4 is 5.71 Å². The van der Waals surface area contributed by atoms with E-state index in [9.17, 15) is 4.39 Å². The SMILES string of the molecule is C/C(=N/O)c1cc(F)ccc1OCCN1CCCC1. The quantitative estimate of drug-likeness (QED) is 0.506. The lowest BCUT2D eigenvalue weighted by Crippen LogP contribution is -2.25. The lowest BCUT2D eigenvalue weighted by Gasteiger charge is -2.16. The van der Waals surface area contributed by atoms with Crippen molar-refractivity contribution in [1.29, 1.82) is 0 Å². The second-order valence-corrected chi connectivity index (χ2v) is 4.72. The fourth-order valence-electron chi connectivity index (χ4n) is 2.26. The Labute approximate surface area is 112 Å². The van der Waals surface area contributed by atoms with Gasteiger partial charge in [-0.15, -0.1) is 0 Å². The highest BCUT2D eigenvalue weighted by atomic mass is 19.1. The van der Waals surface area contributed by atoms with Crippen LogP contribution in [0.5, 0.6) is 5.75 Å². The normalized spacial score (nSPS) is 16.8. The number of hydrogen-bond donors (Lipinski definition) is 1. The molecule has 0 aromatic heterocycles. The molecule has 5 heteroatoms. The largest absolute Gasteiger partial charge is 0.492 e. The van der Waals surface area contributed by atoms with E-state index in [0.29, 0.717) is 23.6 Å². The van der Waals surface area contributed by atoms with Gasteiger partial charge in [0.15, 0.2) is 0 Å². The van der Waals surface area contributed by atoms with E-state index in [4.69, 9.17) is 9.94 Å².